The molecule has 0 spiro atoms. The summed E-state index contributed by atoms with van der Waals surface area (Å²) in [6.07, 6.45) is 9.01. The number of piperazine rings is 1. The van der Waals surface area contributed by atoms with Crippen LogP contribution in [0.4, 0.5) is 8.78 Å². The molecular weight excluding hydrogens is 563 g/mol. The fourth-order valence-corrected chi connectivity index (χ4v) is 4.92. The smallest absolute Gasteiger partial charge is 0.237 e. The summed E-state index contributed by atoms with van der Waals surface area (Å²) in [5, 5.41) is 17.4. The number of carbonyl (C=O) groups excluding carboxylic acids is 2. The lowest BCUT2D eigenvalue weighted by Crippen LogP contribution is -2.50. The molecule has 2 saturated heterocycles. The molecule has 0 aromatic rings. The molecule has 40 heavy (non-hydrogen) atoms. The summed E-state index contributed by atoms with van der Waals surface area (Å²) in [5.41, 5.74) is 0.381. The van der Waals surface area contributed by atoms with Crippen molar-refractivity contribution >= 4 is 35.5 Å². The largest absolute Gasteiger partial charge is 0.395 e. The van der Waals surface area contributed by atoms with Crippen LogP contribution < -0.4 is 16.0 Å². The number of aliphatic hydroxyl groups is 1. The van der Waals surface area contributed by atoms with Gasteiger partial charge < -0.3 is 21.1 Å². The van der Waals surface area contributed by atoms with Crippen LogP contribution in [0.1, 0.15) is 13.3 Å². The van der Waals surface area contributed by atoms with Crippen molar-refractivity contribution in [1.29, 1.82) is 0 Å². The predicted molar refractivity (Wildman–Crippen MR) is 156 cm³/mol. The monoisotopic (exact) mass is 601 g/mol. The number of hydrogen-bond acceptors (Lipinski definition) is 6. The van der Waals surface area contributed by atoms with Gasteiger partial charge in [0.05, 0.1) is 22.7 Å². The molecular formula is C28H39Cl2F2N5O3. The highest BCUT2D eigenvalue weighted by atomic mass is 35.5. The van der Waals surface area contributed by atoms with Crippen molar-refractivity contribution in [1.82, 2.24) is 25.8 Å². The van der Waals surface area contributed by atoms with Gasteiger partial charge in [0.25, 0.3) is 0 Å². The van der Waals surface area contributed by atoms with Crippen LogP contribution in [0.3, 0.4) is 0 Å². The van der Waals surface area contributed by atoms with E-state index in [1.807, 2.05) is 0 Å². The topological polar surface area (TPSA) is 96.9 Å². The normalized spacial score (nSPS) is 24.2. The van der Waals surface area contributed by atoms with Gasteiger partial charge in [0.15, 0.2) is 0 Å². The highest BCUT2D eigenvalue weighted by Crippen LogP contribution is 2.29. The Morgan fingerprint density at radius 1 is 1.10 bits per heavy atom. The minimum absolute atomic E-state index is 0.113. The van der Waals surface area contributed by atoms with Gasteiger partial charge in [-0.05, 0) is 49.5 Å². The number of rotatable bonds is 15. The van der Waals surface area contributed by atoms with E-state index in [4.69, 9.17) is 28.3 Å². The summed E-state index contributed by atoms with van der Waals surface area (Å²) in [4.78, 5) is 28.1. The van der Waals surface area contributed by atoms with Crippen molar-refractivity contribution in [2.24, 2.45) is 11.8 Å². The van der Waals surface area contributed by atoms with Crippen molar-refractivity contribution < 1.29 is 23.5 Å². The lowest BCUT2D eigenvalue weighted by molar-refractivity contribution is -0.123. The Bertz CT molecular complexity index is 1020. The molecule has 2 unspecified atom stereocenters. The number of hydrogen-bond donors (Lipinski definition) is 4. The first-order valence-electron chi connectivity index (χ1n) is 13.2. The highest BCUT2D eigenvalue weighted by molar-refractivity contribution is 6.31. The first-order chi connectivity index (χ1) is 19.2. The Kier molecular flexibility index (Phi) is 15.4. The molecule has 0 aromatic carbocycles. The number of nitrogens with one attached hydrogen (secondary N) is 3. The second kappa shape index (κ2) is 18.2. The van der Waals surface area contributed by atoms with Crippen LogP contribution in [0.2, 0.25) is 0 Å². The Balaban J connectivity index is 2.06. The molecule has 0 radical (unpaired) electrons. The van der Waals surface area contributed by atoms with Gasteiger partial charge in [0.1, 0.15) is 11.7 Å². The Morgan fingerprint density at radius 3 is 2.38 bits per heavy atom. The van der Waals surface area contributed by atoms with Crippen LogP contribution in [0.15, 0.2) is 70.5 Å². The van der Waals surface area contributed by atoms with Crippen LogP contribution in [0, 0.1) is 11.8 Å². The Morgan fingerprint density at radius 2 is 1.75 bits per heavy atom. The number of β-amino-alcohol motifs (C(OH)–C–C–N with tert-alkyl or cyclic N) is 1. The van der Waals surface area contributed by atoms with Crippen LogP contribution in [0.25, 0.3) is 0 Å². The average molecular weight is 603 g/mol. The van der Waals surface area contributed by atoms with Gasteiger partial charge in [-0.1, -0.05) is 41.9 Å². The van der Waals surface area contributed by atoms with Gasteiger partial charge in [0.2, 0.25) is 12.3 Å². The fraction of sp³-hybridized carbons (Fsp3) is 0.500. The summed E-state index contributed by atoms with van der Waals surface area (Å²) in [7, 11) is 0. The zero-order chi connectivity index (χ0) is 29.5. The van der Waals surface area contributed by atoms with Crippen LogP contribution in [-0.2, 0) is 9.59 Å². The lowest BCUT2D eigenvalue weighted by atomic mass is 9.86. The molecule has 2 amide bonds. The summed E-state index contributed by atoms with van der Waals surface area (Å²) >= 11 is 11.8. The molecule has 2 aliphatic rings. The number of halogens is 4. The standard InChI is InChI=1S/C28H39Cl2F2N5O3/c1-3-23(29)25(31)6-4-5-22-21(7-8-26(32)24(30)17-20(2)35-19-39)18-34-27(22)28(40)33-9-10-36-11-13-37(14-12-36)15-16-38/h3-4,6-8,17,19,21-22,27,34,38H,1,5,9-16,18H2,2H3,(H,33,40)(H,35,39)/b6-4-,8-7+,20-17+,25-23-,26-24-/t21?,22?,27-/m1/s1. The van der Waals surface area contributed by atoms with E-state index in [-0.39, 0.29) is 34.4 Å². The van der Waals surface area contributed by atoms with E-state index in [2.05, 4.69) is 32.3 Å². The number of aliphatic hydroxyl groups excluding tert-OH is 1. The van der Waals surface area contributed by atoms with E-state index < -0.39 is 17.7 Å². The fourth-order valence-electron chi connectivity index (χ4n) is 4.63. The molecule has 222 valence electrons. The third kappa shape index (κ3) is 11.3. The Hall–Kier alpha value is -2.34. The van der Waals surface area contributed by atoms with Gasteiger partial charge in [-0.3, -0.25) is 19.4 Å². The molecule has 8 nitrogen and oxygen atoms in total. The third-order valence-corrected chi connectivity index (χ3v) is 7.49. The number of amides is 2. The van der Waals surface area contributed by atoms with Gasteiger partial charge in [-0.25, -0.2) is 8.78 Å². The molecule has 3 atom stereocenters. The molecule has 4 N–H and O–H groups in total. The molecule has 2 aliphatic heterocycles. The molecule has 12 heteroatoms. The number of nitrogens with zero attached hydrogens (tertiary/aromatic N) is 2. The number of carbonyl (C=O) groups is 2. The van der Waals surface area contributed by atoms with Crippen molar-refractivity contribution in [2.45, 2.75) is 19.4 Å². The lowest BCUT2D eigenvalue weighted by Gasteiger charge is -2.34. The molecule has 0 bridgehead atoms. The molecule has 0 saturated carbocycles. The van der Waals surface area contributed by atoms with Gasteiger partial charge >= 0.3 is 0 Å². The van der Waals surface area contributed by atoms with Crippen LogP contribution >= 0.6 is 23.2 Å². The maximum Gasteiger partial charge on any atom is 0.237 e. The van der Waals surface area contributed by atoms with Crippen LogP contribution in [0.5, 0.6) is 0 Å². The third-order valence-electron chi connectivity index (χ3n) is 6.87. The van der Waals surface area contributed by atoms with E-state index in [0.29, 0.717) is 44.7 Å². The van der Waals surface area contributed by atoms with Crippen molar-refractivity contribution in [3.05, 3.63) is 70.5 Å². The molecule has 0 aromatic heterocycles. The number of allylic oxidation sites excluding steroid dienone is 10. The molecule has 2 rings (SSSR count). The van der Waals surface area contributed by atoms with Crippen molar-refractivity contribution in [2.75, 3.05) is 59.0 Å². The predicted octanol–water partition coefficient (Wildman–Crippen LogP) is 3.09. The Labute approximate surface area is 245 Å². The summed E-state index contributed by atoms with van der Waals surface area (Å²) in [5.74, 6) is -2.04. The SMILES string of the molecule is C=C/C(Cl)=C(F)\C=C/CC1C(/C=C/C(F)=C(Cl)\C=C(/C)NC=O)CN[C@H]1C(=O)NCCN1CCN(CCO)CC1. The summed E-state index contributed by atoms with van der Waals surface area (Å²) in [6, 6.07) is -0.566. The molecule has 0 aliphatic carbocycles. The summed E-state index contributed by atoms with van der Waals surface area (Å²) < 4.78 is 28.7. The van der Waals surface area contributed by atoms with Gasteiger partial charge in [-0.15, -0.1) is 0 Å². The van der Waals surface area contributed by atoms with E-state index >= 15 is 0 Å². The van der Waals surface area contributed by atoms with Crippen LogP contribution in [-0.4, -0.2) is 92.2 Å². The maximum absolute atomic E-state index is 14.6. The second-order valence-electron chi connectivity index (χ2n) is 9.59. The second-order valence-corrected chi connectivity index (χ2v) is 10.4. The first kappa shape index (κ1) is 33.9. The van der Waals surface area contributed by atoms with E-state index in [9.17, 15) is 18.4 Å². The van der Waals surface area contributed by atoms with E-state index in [1.54, 1.807) is 19.1 Å². The van der Waals surface area contributed by atoms with Gasteiger partial charge in [0, 0.05) is 58.1 Å². The quantitative estimate of drug-likeness (QED) is 0.170. The minimum atomic E-state index is -0.693. The maximum atomic E-state index is 14.6. The van der Waals surface area contributed by atoms with E-state index in [1.165, 1.54) is 24.3 Å². The molecule has 2 fully saturated rings. The highest BCUT2D eigenvalue weighted by Gasteiger charge is 2.38. The van der Waals surface area contributed by atoms with Crippen molar-refractivity contribution in [3.63, 3.8) is 0 Å². The molecule has 2 heterocycles. The zero-order valence-electron chi connectivity index (χ0n) is 22.7. The van der Waals surface area contributed by atoms with E-state index in [0.717, 1.165) is 26.2 Å². The van der Waals surface area contributed by atoms with Crippen molar-refractivity contribution in [3.8, 4) is 0 Å². The zero-order valence-corrected chi connectivity index (χ0v) is 24.2. The summed E-state index contributed by atoms with van der Waals surface area (Å²) in [6.45, 7) is 10.9. The van der Waals surface area contributed by atoms with Gasteiger partial charge in [-0.2, -0.15) is 0 Å². The first-order valence-corrected chi connectivity index (χ1v) is 14.0. The minimum Gasteiger partial charge on any atom is -0.395 e. The average Bonchev–Trinajstić information content (AvgIpc) is 3.34.